The van der Waals surface area contributed by atoms with E-state index in [0.29, 0.717) is 0 Å². The van der Waals surface area contributed by atoms with Crippen LogP contribution in [0, 0.1) is 6.92 Å². The van der Waals surface area contributed by atoms with Crippen LogP contribution in [-0.4, -0.2) is 18.1 Å². The summed E-state index contributed by atoms with van der Waals surface area (Å²) in [5, 5.41) is 0.812. The summed E-state index contributed by atoms with van der Waals surface area (Å²) in [6, 6.07) is 1.94. The normalized spacial score (nSPS) is 16.0. The Morgan fingerprint density at radius 3 is 2.75 bits per heavy atom. The van der Waals surface area contributed by atoms with E-state index < -0.39 is 0 Å². The van der Waals surface area contributed by atoms with Gasteiger partial charge in [0.1, 0.15) is 5.82 Å². The molecule has 2 rings (SSSR count). The van der Waals surface area contributed by atoms with Crippen molar-refractivity contribution in [1.29, 1.82) is 0 Å². The molecule has 1 aromatic rings. The van der Waals surface area contributed by atoms with Gasteiger partial charge in [0.15, 0.2) is 0 Å². The zero-order valence-electron chi connectivity index (χ0n) is 7.05. The van der Waals surface area contributed by atoms with Gasteiger partial charge in [0.25, 0.3) is 0 Å². The molecule has 1 fully saturated rings. The number of aromatic nitrogens is 1. The lowest BCUT2D eigenvalue weighted by atomic mass is 10.2. The third-order valence-electron chi connectivity index (χ3n) is 2.20. The molecule has 0 N–H and O–H groups in total. The molecule has 0 aromatic carbocycles. The van der Waals surface area contributed by atoms with Crippen molar-refractivity contribution < 1.29 is 0 Å². The summed E-state index contributed by atoms with van der Waals surface area (Å²) in [5.41, 5.74) is 1.04. The number of hydrogen-bond acceptors (Lipinski definition) is 2. The van der Waals surface area contributed by atoms with E-state index in [4.69, 9.17) is 11.6 Å². The minimum atomic E-state index is 0.812. The number of nitrogens with zero attached hydrogens (tertiary/aromatic N) is 2. The van der Waals surface area contributed by atoms with Crippen LogP contribution in [-0.2, 0) is 0 Å². The first-order chi connectivity index (χ1) is 5.77. The number of anilines is 1. The molecule has 1 aliphatic rings. The van der Waals surface area contributed by atoms with Crippen molar-refractivity contribution in [3.8, 4) is 0 Å². The minimum absolute atomic E-state index is 0.812. The molecule has 0 saturated carbocycles. The van der Waals surface area contributed by atoms with Gasteiger partial charge in [-0.2, -0.15) is 0 Å². The van der Waals surface area contributed by atoms with Gasteiger partial charge in [-0.1, -0.05) is 11.6 Å². The molecule has 0 radical (unpaired) electrons. The fraction of sp³-hybridized carbons (Fsp3) is 0.444. The number of hydrogen-bond donors (Lipinski definition) is 0. The lowest BCUT2D eigenvalue weighted by Crippen LogP contribution is -2.37. The number of halogens is 1. The maximum atomic E-state index is 5.97. The zero-order valence-corrected chi connectivity index (χ0v) is 7.80. The second-order valence-corrected chi connectivity index (χ2v) is 3.54. The zero-order chi connectivity index (χ0) is 8.55. The van der Waals surface area contributed by atoms with E-state index >= 15 is 0 Å². The van der Waals surface area contributed by atoms with E-state index in [-0.39, 0.29) is 0 Å². The second kappa shape index (κ2) is 2.94. The average molecular weight is 183 g/mol. The van der Waals surface area contributed by atoms with Gasteiger partial charge in [-0.3, -0.25) is 0 Å². The van der Waals surface area contributed by atoms with Crippen molar-refractivity contribution in [3.63, 3.8) is 0 Å². The van der Waals surface area contributed by atoms with Crippen molar-refractivity contribution in [2.75, 3.05) is 18.0 Å². The Morgan fingerprint density at radius 1 is 1.50 bits per heavy atom. The molecule has 0 atom stereocenters. The average Bonchev–Trinajstić information content (AvgIpc) is 1.93. The van der Waals surface area contributed by atoms with Crippen LogP contribution in [0.5, 0.6) is 0 Å². The number of aryl methyl sites for hydroxylation is 1. The topological polar surface area (TPSA) is 16.1 Å². The van der Waals surface area contributed by atoms with Crippen LogP contribution in [0.15, 0.2) is 12.3 Å². The molecule has 12 heavy (non-hydrogen) atoms. The molecule has 1 aromatic heterocycles. The van der Waals surface area contributed by atoms with E-state index in [2.05, 4.69) is 9.88 Å². The molecule has 3 heteroatoms. The first kappa shape index (κ1) is 7.87. The van der Waals surface area contributed by atoms with Gasteiger partial charge in [0.05, 0.1) is 0 Å². The number of rotatable bonds is 1. The summed E-state index contributed by atoms with van der Waals surface area (Å²) in [6.45, 7) is 4.20. The second-order valence-electron chi connectivity index (χ2n) is 3.13. The molecule has 0 unspecified atom stereocenters. The fourth-order valence-corrected chi connectivity index (χ4v) is 1.35. The smallest absolute Gasteiger partial charge is 0.129 e. The fourth-order valence-electron chi connectivity index (χ4n) is 1.21. The summed E-state index contributed by atoms with van der Waals surface area (Å²) in [6.07, 6.45) is 3.10. The molecular weight excluding hydrogens is 172 g/mol. The van der Waals surface area contributed by atoms with Crippen LogP contribution < -0.4 is 4.90 Å². The molecule has 0 bridgehead atoms. The Hall–Kier alpha value is -0.760. The van der Waals surface area contributed by atoms with Crippen molar-refractivity contribution in [1.82, 2.24) is 4.98 Å². The largest absolute Gasteiger partial charge is 0.356 e. The van der Waals surface area contributed by atoms with Crippen molar-refractivity contribution in [2.24, 2.45) is 0 Å². The Bertz CT molecular complexity index is 295. The lowest BCUT2D eigenvalue weighted by molar-refractivity contribution is 0.609. The molecule has 2 heterocycles. The summed E-state index contributed by atoms with van der Waals surface area (Å²) in [7, 11) is 0. The van der Waals surface area contributed by atoms with E-state index in [1.807, 2.05) is 19.2 Å². The van der Waals surface area contributed by atoms with Gasteiger partial charge in [-0.05, 0) is 25.0 Å². The van der Waals surface area contributed by atoms with Crippen LogP contribution in [0.2, 0.25) is 5.02 Å². The van der Waals surface area contributed by atoms with Gasteiger partial charge in [-0.25, -0.2) is 4.98 Å². The van der Waals surface area contributed by atoms with Gasteiger partial charge in [-0.15, -0.1) is 0 Å². The van der Waals surface area contributed by atoms with Crippen LogP contribution in [0.4, 0.5) is 5.82 Å². The van der Waals surface area contributed by atoms with E-state index in [1.54, 1.807) is 0 Å². The van der Waals surface area contributed by atoms with Gasteiger partial charge >= 0.3 is 0 Å². The van der Waals surface area contributed by atoms with Crippen LogP contribution in [0.3, 0.4) is 0 Å². The van der Waals surface area contributed by atoms with E-state index in [1.165, 1.54) is 6.42 Å². The molecule has 0 aliphatic carbocycles. The summed E-state index contributed by atoms with van der Waals surface area (Å²) >= 11 is 5.97. The highest BCUT2D eigenvalue weighted by atomic mass is 35.5. The molecule has 64 valence electrons. The minimum Gasteiger partial charge on any atom is -0.356 e. The van der Waals surface area contributed by atoms with Gasteiger partial charge in [0.2, 0.25) is 0 Å². The highest BCUT2D eigenvalue weighted by Gasteiger charge is 2.15. The van der Waals surface area contributed by atoms with Gasteiger partial charge < -0.3 is 4.90 Å². The maximum Gasteiger partial charge on any atom is 0.129 e. The SMILES string of the molecule is Cc1cnc(N2CCC2)cc1Cl. The third kappa shape index (κ3) is 1.27. The monoisotopic (exact) mass is 182 g/mol. The highest BCUT2D eigenvalue weighted by Crippen LogP contribution is 2.23. The molecular formula is C9H11ClN2. The quantitative estimate of drug-likeness (QED) is 0.663. The number of pyridine rings is 1. The third-order valence-corrected chi connectivity index (χ3v) is 2.61. The van der Waals surface area contributed by atoms with Crippen LogP contribution >= 0.6 is 11.6 Å². The van der Waals surface area contributed by atoms with Crippen LogP contribution in [0.25, 0.3) is 0 Å². The predicted octanol–water partition coefficient (Wildman–Crippen LogP) is 2.25. The highest BCUT2D eigenvalue weighted by molar-refractivity contribution is 6.31. The Kier molecular flexibility index (Phi) is 1.93. The molecule has 1 aliphatic heterocycles. The lowest BCUT2D eigenvalue weighted by Gasteiger charge is -2.32. The first-order valence-electron chi connectivity index (χ1n) is 4.14. The maximum absolute atomic E-state index is 5.97. The summed E-state index contributed by atoms with van der Waals surface area (Å²) in [4.78, 5) is 6.53. The Labute approximate surface area is 77.2 Å². The Morgan fingerprint density at radius 2 is 2.25 bits per heavy atom. The Balaban J connectivity index is 2.27. The van der Waals surface area contributed by atoms with Crippen molar-refractivity contribution in [3.05, 3.63) is 22.8 Å². The first-order valence-corrected chi connectivity index (χ1v) is 4.52. The van der Waals surface area contributed by atoms with Crippen molar-refractivity contribution in [2.45, 2.75) is 13.3 Å². The van der Waals surface area contributed by atoms with E-state index in [9.17, 15) is 0 Å². The standard InChI is InChI=1S/C9H11ClN2/c1-7-6-11-9(5-8(7)10)12-3-2-4-12/h5-6H,2-4H2,1H3. The van der Waals surface area contributed by atoms with E-state index in [0.717, 1.165) is 29.5 Å². The molecule has 0 amide bonds. The molecule has 2 nitrogen and oxygen atoms in total. The summed E-state index contributed by atoms with van der Waals surface area (Å²) < 4.78 is 0. The van der Waals surface area contributed by atoms with Crippen LogP contribution in [0.1, 0.15) is 12.0 Å². The summed E-state index contributed by atoms with van der Waals surface area (Å²) in [5.74, 6) is 1.01. The molecule has 1 saturated heterocycles. The molecule has 0 spiro atoms. The van der Waals surface area contributed by atoms with Gasteiger partial charge in [0, 0.05) is 24.3 Å². The van der Waals surface area contributed by atoms with Crippen molar-refractivity contribution >= 4 is 17.4 Å². The predicted molar refractivity (Wildman–Crippen MR) is 50.8 cm³/mol.